The van der Waals surface area contributed by atoms with E-state index in [-0.39, 0.29) is 13.2 Å². The van der Waals surface area contributed by atoms with Crippen molar-refractivity contribution < 1.29 is 19.1 Å². The van der Waals surface area contributed by atoms with Gasteiger partial charge in [0.1, 0.15) is 0 Å². The quantitative estimate of drug-likeness (QED) is 0.418. The van der Waals surface area contributed by atoms with Crippen molar-refractivity contribution in [2.24, 2.45) is 0 Å². The van der Waals surface area contributed by atoms with E-state index < -0.39 is 23.9 Å². The van der Waals surface area contributed by atoms with Crippen LogP contribution < -0.4 is 10.6 Å². The minimum absolute atomic E-state index is 0.211. The molecule has 0 radical (unpaired) electrons. The molecule has 0 bridgehead atoms. The van der Waals surface area contributed by atoms with Crippen LogP contribution in [0.3, 0.4) is 0 Å². The molecule has 2 N–H and O–H groups in total. The van der Waals surface area contributed by atoms with Crippen LogP contribution in [0.5, 0.6) is 0 Å². The SMILES string of the molecule is C=C[C@@H](COCc1ccccc1)NC(=O)C(=O)N[C@@H](C=C)COCc1ccccc1. The molecule has 2 aromatic rings. The van der Waals surface area contributed by atoms with Crippen LogP contribution in [-0.4, -0.2) is 37.1 Å². The monoisotopic (exact) mass is 408 g/mol. The zero-order valence-corrected chi connectivity index (χ0v) is 17.0. The maximum Gasteiger partial charge on any atom is 0.309 e. The second-order valence-electron chi connectivity index (χ2n) is 6.63. The topological polar surface area (TPSA) is 76.7 Å². The first-order valence-electron chi connectivity index (χ1n) is 9.72. The highest BCUT2D eigenvalue weighted by molar-refractivity contribution is 6.35. The van der Waals surface area contributed by atoms with Crippen molar-refractivity contribution >= 4 is 11.8 Å². The molecule has 0 aliphatic heterocycles. The van der Waals surface area contributed by atoms with Gasteiger partial charge in [-0.2, -0.15) is 0 Å². The Bertz CT molecular complexity index is 739. The van der Waals surface area contributed by atoms with Gasteiger partial charge in [-0.3, -0.25) is 9.59 Å². The Morgan fingerprint density at radius 1 is 0.733 bits per heavy atom. The van der Waals surface area contributed by atoms with Crippen molar-refractivity contribution in [2.45, 2.75) is 25.3 Å². The highest BCUT2D eigenvalue weighted by Gasteiger charge is 2.19. The Morgan fingerprint density at radius 2 is 1.10 bits per heavy atom. The zero-order valence-electron chi connectivity index (χ0n) is 17.0. The lowest BCUT2D eigenvalue weighted by atomic mass is 10.2. The van der Waals surface area contributed by atoms with E-state index in [1.165, 1.54) is 12.2 Å². The summed E-state index contributed by atoms with van der Waals surface area (Å²) in [5.41, 5.74) is 2.04. The molecule has 6 nitrogen and oxygen atoms in total. The predicted octanol–water partition coefficient (Wildman–Crippen LogP) is 2.76. The largest absolute Gasteiger partial charge is 0.374 e. The van der Waals surface area contributed by atoms with Gasteiger partial charge in [-0.15, -0.1) is 13.2 Å². The van der Waals surface area contributed by atoms with Crippen molar-refractivity contribution in [2.75, 3.05) is 13.2 Å². The molecule has 30 heavy (non-hydrogen) atoms. The predicted molar refractivity (Wildman–Crippen MR) is 116 cm³/mol. The third-order valence-corrected chi connectivity index (χ3v) is 4.23. The summed E-state index contributed by atoms with van der Waals surface area (Å²) in [6, 6.07) is 18.4. The Labute approximate surface area is 177 Å². The molecular weight excluding hydrogens is 380 g/mol. The number of carbonyl (C=O) groups excluding carboxylic acids is 2. The van der Waals surface area contributed by atoms with Crippen LogP contribution >= 0.6 is 0 Å². The van der Waals surface area contributed by atoms with Gasteiger partial charge in [0, 0.05) is 0 Å². The van der Waals surface area contributed by atoms with Crippen LogP contribution in [-0.2, 0) is 32.3 Å². The van der Waals surface area contributed by atoms with Gasteiger partial charge in [-0.1, -0.05) is 72.8 Å². The van der Waals surface area contributed by atoms with Crippen LogP contribution in [0.25, 0.3) is 0 Å². The molecule has 0 aliphatic carbocycles. The third-order valence-electron chi connectivity index (χ3n) is 4.23. The second-order valence-corrected chi connectivity index (χ2v) is 6.63. The van der Waals surface area contributed by atoms with Gasteiger partial charge < -0.3 is 20.1 Å². The van der Waals surface area contributed by atoms with Gasteiger partial charge in [0.25, 0.3) is 0 Å². The highest BCUT2D eigenvalue weighted by Crippen LogP contribution is 2.02. The van der Waals surface area contributed by atoms with E-state index in [9.17, 15) is 9.59 Å². The Kier molecular flexibility index (Phi) is 10.1. The maximum absolute atomic E-state index is 12.2. The molecule has 2 rings (SSSR count). The molecule has 0 aromatic heterocycles. The fourth-order valence-corrected chi connectivity index (χ4v) is 2.56. The molecule has 0 fully saturated rings. The van der Waals surface area contributed by atoms with Gasteiger partial charge in [-0.05, 0) is 11.1 Å². The molecule has 2 atom stereocenters. The number of rotatable bonds is 12. The normalized spacial score (nSPS) is 12.4. The van der Waals surface area contributed by atoms with E-state index in [2.05, 4.69) is 23.8 Å². The van der Waals surface area contributed by atoms with Gasteiger partial charge >= 0.3 is 11.8 Å². The molecule has 0 unspecified atom stereocenters. The van der Waals surface area contributed by atoms with Crippen LogP contribution in [0.15, 0.2) is 86.0 Å². The van der Waals surface area contributed by atoms with Gasteiger partial charge in [0.2, 0.25) is 0 Å². The highest BCUT2D eigenvalue weighted by atomic mass is 16.5. The molecule has 6 heteroatoms. The molecule has 158 valence electrons. The average Bonchev–Trinajstić information content (AvgIpc) is 2.78. The number of benzene rings is 2. The van der Waals surface area contributed by atoms with E-state index >= 15 is 0 Å². The summed E-state index contributed by atoms with van der Waals surface area (Å²) in [5.74, 6) is -1.53. The van der Waals surface area contributed by atoms with Crippen LogP contribution in [0.1, 0.15) is 11.1 Å². The van der Waals surface area contributed by atoms with Crippen LogP contribution in [0, 0.1) is 0 Å². The van der Waals surface area contributed by atoms with E-state index in [0.29, 0.717) is 13.2 Å². The summed E-state index contributed by atoms with van der Waals surface area (Å²) in [6.07, 6.45) is 3.06. The summed E-state index contributed by atoms with van der Waals surface area (Å²) in [4.78, 5) is 24.4. The molecular formula is C24H28N2O4. The van der Waals surface area contributed by atoms with E-state index in [4.69, 9.17) is 9.47 Å². The van der Waals surface area contributed by atoms with Crippen molar-refractivity contribution in [3.05, 3.63) is 97.1 Å². The molecule has 0 saturated heterocycles. The number of amides is 2. The number of carbonyl (C=O) groups is 2. The lowest BCUT2D eigenvalue weighted by Crippen LogP contribution is -2.48. The number of ether oxygens (including phenoxy) is 2. The lowest BCUT2D eigenvalue weighted by molar-refractivity contribution is -0.140. The smallest absolute Gasteiger partial charge is 0.309 e. The van der Waals surface area contributed by atoms with Gasteiger partial charge in [-0.25, -0.2) is 0 Å². The molecule has 0 aliphatic rings. The minimum atomic E-state index is -0.766. The summed E-state index contributed by atoms with van der Waals surface area (Å²) in [5, 5.41) is 5.19. The van der Waals surface area contributed by atoms with Crippen molar-refractivity contribution in [1.82, 2.24) is 10.6 Å². The van der Waals surface area contributed by atoms with Crippen molar-refractivity contribution in [3.8, 4) is 0 Å². The molecule has 0 heterocycles. The fraction of sp³-hybridized carbons (Fsp3) is 0.250. The Hall–Kier alpha value is -3.22. The Morgan fingerprint density at radius 3 is 1.43 bits per heavy atom. The maximum atomic E-state index is 12.2. The number of hydrogen-bond acceptors (Lipinski definition) is 4. The second kappa shape index (κ2) is 13.1. The number of nitrogens with one attached hydrogen (secondary N) is 2. The average molecular weight is 408 g/mol. The van der Waals surface area contributed by atoms with Crippen molar-refractivity contribution in [3.63, 3.8) is 0 Å². The number of hydrogen-bond donors (Lipinski definition) is 2. The zero-order chi connectivity index (χ0) is 21.6. The Balaban J connectivity index is 1.71. The summed E-state index contributed by atoms with van der Waals surface area (Å²) < 4.78 is 11.2. The van der Waals surface area contributed by atoms with Crippen molar-refractivity contribution in [1.29, 1.82) is 0 Å². The molecule has 0 saturated carbocycles. The van der Waals surface area contributed by atoms with E-state index in [1.807, 2.05) is 60.7 Å². The van der Waals surface area contributed by atoms with E-state index in [1.54, 1.807) is 0 Å². The lowest BCUT2D eigenvalue weighted by Gasteiger charge is -2.17. The first-order valence-corrected chi connectivity index (χ1v) is 9.72. The van der Waals surface area contributed by atoms with E-state index in [0.717, 1.165) is 11.1 Å². The summed E-state index contributed by atoms with van der Waals surface area (Å²) in [7, 11) is 0. The fourth-order valence-electron chi connectivity index (χ4n) is 2.56. The third kappa shape index (κ3) is 8.43. The summed E-state index contributed by atoms with van der Waals surface area (Å²) >= 11 is 0. The van der Waals surface area contributed by atoms with Crippen LogP contribution in [0.4, 0.5) is 0 Å². The molecule has 2 aromatic carbocycles. The first-order chi connectivity index (χ1) is 14.6. The van der Waals surface area contributed by atoms with Crippen LogP contribution in [0.2, 0.25) is 0 Å². The first kappa shape index (κ1) is 23.1. The molecule has 0 spiro atoms. The van der Waals surface area contributed by atoms with Gasteiger partial charge in [0.15, 0.2) is 0 Å². The summed E-state index contributed by atoms with van der Waals surface area (Å²) in [6.45, 7) is 8.60. The van der Waals surface area contributed by atoms with Gasteiger partial charge in [0.05, 0.1) is 38.5 Å². The standard InChI is InChI=1S/C24H28N2O4/c1-3-21(17-29-15-19-11-7-5-8-12-19)25-23(27)24(28)26-22(4-2)18-30-16-20-13-9-6-10-14-20/h3-14,21-22H,1-2,15-18H2,(H,25,27)(H,26,28)/t21-,22-/m0/s1. The minimum Gasteiger partial charge on any atom is -0.374 e. The molecule has 2 amide bonds.